The van der Waals surface area contributed by atoms with Gasteiger partial charge in [-0.3, -0.25) is 4.98 Å². The Hall–Kier alpha value is -1.87. The molecule has 2 aromatic rings. The summed E-state index contributed by atoms with van der Waals surface area (Å²) in [6, 6.07) is 12.1. The van der Waals surface area contributed by atoms with Crippen LogP contribution in [0, 0.1) is 0 Å². The third-order valence-corrected chi connectivity index (χ3v) is 2.46. The quantitative estimate of drug-likeness (QED) is 0.875. The molecule has 2 rings (SSSR count). The number of pyridine rings is 1. The molecule has 0 fully saturated rings. The van der Waals surface area contributed by atoms with Gasteiger partial charge in [0, 0.05) is 18.0 Å². The number of aryl methyl sites for hydroxylation is 1. The summed E-state index contributed by atoms with van der Waals surface area (Å²) in [6.45, 7) is 2.71. The number of hydrogen-bond acceptors (Lipinski definition) is 3. The van der Waals surface area contributed by atoms with Crippen LogP contribution in [0.4, 0.5) is 0 Å². The molecule has 0 spiro atoms. The van der Waals surface area contributed by atoms with Crippen molar-refractivity contribution < 1.29 is 4.74 Å². The van der Waals surface area contributed by atoms with Crippen molar-refractivity contribution in [1.29, 1.82) is 0 Å². The van der Waals surface area contributed by atoms with E-state index in [2.05, 4.69) is 24.0 Å². The summed E-state index contributed by atoms with van der Waals surface area (Å²) < 4.78 is 5.65. The Balaban J connectivity index is 0.00000144. The molecule has 0 unspecified atom stereocenters. The first-order valence-electron chi connectivity index (χ1n) is 5.49. The van der Waals surface area contributed by atoms with E-state index < -0.39 is 0 Å². The molecule has 0 radical (unpaired) electrons. The smallest absolute Gasteiger partial charge is 0.119 e. The summed E-state index contributed by atoms with van der Waals surface area (Å²) >= 11 is 0. The lowest BCUT2D eigenvalue weighted by Crippen LogP contribution is -1.95. The fourth-order valence-electron chi connectivity index (χ4n) is 1.47. The van der Waals surface area contributed by atoms with Crippen LogP contribution in [0.5, 0.6) is 5.75 Å². The minimum Gasteiger partial charge on any atom is -0.489 e. The van der Waals surface area contributed by atoms with Crippen molar-refractivity contribution in [2.45, 2.75) is 20.0 Å². The molecule has 0 amide bonds. The lowest BCUT2D eigenvalue weighted by molar-refractivity contribution is 0.305. The van der Waals surface area contributed by atoms with Gasteiger partial charge >= 0.3 is 0 Å². The van der Waals surface area contributed by atoms with E-state index in [1.165, 1.54) is 5.56 Å². The number of hydrogen-bond donors (Lipinski definition) is 1. The first-order valence-corrected chi connectivity index (χ1v) is 5.49. The average molecular weight is 230 g/mol. The summed E-state index contributed by atoms with van der Waals surface area (Å²) in [5, 5.41) is 0. The van der Waals surface area contributed by atoms with Crippen LogP contribution in [-0.4, -0.2) is 4.98 Å². The van der Waals surface area contributed by atoms with Crippen molar-refractivity contribution in [3.05, 3.63) is 59.9 Å². The standard InChI is InChI=1S/C14H15NO.H3N/c1-2-12-5-7-14(8-6-12)16-11-13-4-3-9-15-10-13;/h3-10H,2,11H2,1H3;1H3. The zero-order chi connectivity index (χ0) is 11.2. The molecule has 0 saturated carbocycles. The van der Waals surface area contributed by atoms with E-state index in [-0.39, 0.29) is 6.15 Å². The Morgan fingerprint density at radius 1 is 1.06 bits per heavy atom. The van der Waals surface area contributed by atoms with Gasteiger partial charge in [0.1, 0.15) is 12.4 Å². The number of ether oxygens (including phenoxy) is 1. The molecule has 90 valence electrons. The van der Waals surface area contributed by atoms with Crippen molar-refractivity contribution in [2.24, 2.45) is 0 Å². The van der Waals surface area contributed by atoms with Crippen LogP contribution in [0.2, 0.25) is 0 Å². The van der Waals surface area contributed by atoms with E-state index in [0.29, 0.717) is 6.61 Å². The molecule has 0 aliphatic carbocycles. The average Bonchev–Trinajstić information content (AvgIpc) is 2.38. The molecule has 1 aromatic heterocycles. The maximum Gasteiger partial charge on any atom is 0.119 e. The summed E-state index contributed by atoms with van der Waals surface area (Å²) in [5.41, 5.74) is 2.41. The molecular weight excluding hydrogens is 212 g/mol. The van der Waals surface area contributed by atoms with Crippen LogP contribution < -0.4 is 10.9 Å². The first kappa shape index (κ1) is 13.2. The van der Waals surface area contributed by atoms with Gasteiger partial charge in [0.15, 0.2) is 0 Å². The molecule has 1 heterocycles. The van der Waals surface area contributed by atoms with E-state index in [1.54, 1.807) is 6.20 Å². The van der Waals surface area contributed by atoms with Crippen molar-refractivity contribution in [3.63, 3.8) is 0 Å². The van der Waals surface area contributed by atoms with Gasteiger partial charge in [-0.2, -0.15) is 0 Å². The van der Waals surface area contributed by atoms with Gasteiger partial charge in [0.2, 0.25) is 0 Å². The van der Waals surface area contributed by atoms with Gasteiger partial charge in [-0.1, -0.05) is 25.1 Å². The predicted octanol–water partition coefficient (Wildman–Crippen LogP) is 3.39. The Labute approximate surface area is 102 Å². The number of nitrogens with zero attached hydrogens (tertiary/aromatic N) is 1. The van der Waals surface area contributed by atoms with Gasteiger partial charge < -0.3 is 10.9 Å². The highest BCUT2D eigenvalue weighted by molar-refractivity contribution is 5.27. The molecule has 0 saturated heterocycles. The molecule has 0 aliphatic heterocycles. The van der Waals surface area contributed by atoms with E-state index in [1.807, 2.05) is 30.5 Å². The van der Waals surface area contributed by atoms with Crippen molar-refractivity contribution in [1.82, 2.24) is 11.1 Å². The lowest BCUT2D eigenvalue weighted by Gasteiger charge is -2.06. The Morgan fingerprint density at radius 2 is 1.82 bits per heavy atom. The summed E-state index contributed by atoms with van der Waals surface area (Å²) in [7, 11) is 0. The second-order valence-corrected chi connectivity index (χ2v) is 3.65. The SMILES string of the molecule is CCc1ccc(OCc2cccnc2)cc1.N. The van der Waals surface area contributed by atoms with Gasteiger partial charge in [-0.25, -0.2) is 0 Å². The molecule has 0 atom stereocenters. The topological polar surface area (TPSA) is 57.1 Å². The minimum absolute atomic E-state index is 0. The van der Waals surface area contributed by atoms with Gasteiger partial charge in [-0.05, 0) is 30.2 Å². The zero-order valence-electron chi connectivity index (χ0n) is 10.1. The van der Waals surface area contributed by atoms with Crippen LogP contribution >= 0.6 is 0 Å². The molecule has 3 heteroatoms. The largest absolute Gasteiger partial charge is 0.489 e. The number of aromatic nitrogens is 1. The zero-order valence-corrected chi connectivity index (χ0v) is 10.1. The maximum atomic E-state index is 5.65. The van der Waals surface area contributed by atoms with Crippen LogP contribution in [0.25, 0.3) is 0 Å². The maximum absolute atomic E-state index is 5.65. The normalized spacial score (nSPS) is 9.47. The number of benzene rings is 1. The summed E-state index contributed by atoms with van der Waals surface area (Å²) in [4.78, 5) is 4.04. The first-order chi connectivity index (χ1) is 7.88. The van der Waals surface area contributed by atoms with Crippen molar-refractivity contribution in [3.8, 4) is 5.75 Å². The fraction of sp³-hybridized carbons (Fsp3) is 0.214. The highest BCUT2D eigenvalue weighted by Crippen LogP contribution is 2.14. The van der Waals surface area contributed by atoms with E-state index in [9.17, 15) is 0 Å². The van der Waals surface area contributed by atoms with E-state index in [0.717, 1.165) is 17.7 Å². The third kappa shape index (κ3) is 3.89. The van der Waals surface area contributed by atoms with Crippen LogP contribution in [-0.2, 0) is 13.0 Å². The lowest BCUT2D eigenvalue weighted by atomic mass is 10.2. The number of rotatable bonds is 4. The predicted molar refractivity (Wildman–Crippen MR) is 69.4 cm³/mol. The van der Waals surface area contributed by atoms with Crippen molar-refractivity contribution >= 4 is 0 Å². The second kappa shape index (κ2) is 6.66. The molecule has 0 aliphatic rings. The van der Waals surface area contributed by atoms with Crippen LogP contribution in [0.1, 0.15) is 18.1 Å². The summed E-state index contributed by atoms with van der Waals surface area (Å²) in [6.07, 6.45) is 4.64. The Bertz CT molecular complexity index is 426. The molecule has 0 bridgehead atoms. The second-order valence-electron chi connectivity index (χ2n) is 3.65. The molecule has 3 nitrogen and oxygen atoms in total. The van der Waals surface area contributed by atoms with Gasteiger partial charge in [0.05, 0.1) is 0 Å². The highest BCUT2D eigenvalue weighted by Gasteiger charge is 1.95. The molecule has 17 heavy (non-hydrogen) atoms. The molecule has 3 N–H and O–H groups in total. The third-order valence-electron chi connectivity index (χ3n) is 2.46. The Morgan fingerprint density at radius 3 is 2.41 bits per heavy atom. The Kier molecular flexibility index (Phi) is 5.17. The van der Waals surface area contributed by atoms with Gasteiger partial charge in [-0.15, -0.1) is 0 Å². The molecule has 1 aromatic carbocycles. The van der Waals surface area contributed by atoms with E-state index in [4.69, 9.17) is 4.74 Å². The molecular formula is C14H18N2O. The van der Waals surface area contributed by atoms with E-state index >= 15 is 0 Å². The van der Waals surface area contributed by atoms with Crippen molar-refractivity contribution in [2.75, 3.05) is 0 Å². The highest BCUT2D eigenvalue weighted by atomic mass is 16.5. The van der Waals surface area contributed by atoms with Crippen LogP contribution in [0.15, 0.2) is 48.8 Å². The summed E-state index contributed by atoms with van der Waals surface area (Å²) in [5.74, 6) is 0.904. The van der Waals surface area contributed by atoms with Gasteiger partial charge in [0.25, 0.3) is 0 Å². The monoisotopic (exact) mass is 230 g/mol. The van der Waals surface area contributed by atoms with Crippen LogP contribution in [0.3, 0.4) is 0 Å². The minimum atomic E-state index is 0. The fourth-order valence-corrected chi connectivity index (χ4v) is 1.47.